The van der Waals surface area contributed by atoms with Crippen molar-refractivity contribution in [2.45, 2.75) is 27.3 Å². The molecule has 3 rings (SSSR count). The molecule has 140 valence electrons. The Labute approximate surface area is 161 Å². The fourth-order valence-electron chi connectivity index (χ4n) is 3.39. The van der Waals surface area contributed by atoms with E-state index in [-0.39, 0.29) is 0 Å². The highest BCUT2D eigenvalue weighted by atomic mass is 16.5. The maximum atomic E-state index is 5.33. The third-order valence-electron chi connectivity index (χ3n) is 4.91. The lowest BCUT2D eigenvalue weighted by Gasteiger charge is -2.20. The average molecular weight is 362 g/mol. The topological polar surface area (TPSA) is 28.7 Å². The van der Waals surface area contributed by atoms with Crippen LogP contribution in [-0.4, -0.2) is 26.4 Å². The zero-order chi connectivity index (χ0) is 19.2. The molecule has 0 aliphatic heterocycles. The molecule has 27 heavy (non-hydrogen) atoms. The molecule has 0 bridgehead atoms. The summed E-state index contributed by atoms with van der Waals surface area (Å²) in [7, 11) is 1.70. The number of fused-ring (bicyclic) bond motifs is 1. The van der Waals surface area contributed by atoms with Crippen LogP contribution in [0, 0.1) is 0 Å². The molecule has 4 heteroatoms. The molecular weight excluding hydrogens is 334 g/mol. The number of aryl methyl sites for hydroxylation is 1. The van der Waals surface area contributed by atoms with Gasteiger partial charge < -0.3 is 9.64 Å². The number of aliphatic imine (C=N–C) groups is 1. The van der Waals surface area contributed by atoms with Crippen LogP contribution in [0.5, 0.6) is 5.75 Å². The first-order chi connectivity index (χ1) is 13.2. The van der Waals surface area contributed by atoms with Gasteiger partial charge in [-0.1, -0.05) is 0 Å². The molecule has 0 spiro atoms. The third-order valence-corrected chi connectivity index (χ3v) is 4.91. The van der Waals surface area contributed by atoms with Crippen LogP contribution in [0.4, 0.5) is 11.4 Å². The van der Waals surface area contributed by atoms with E-state index in [0.29, 0.717) is 0 Å². The Kier molecular flexibility index (Phi) is 6.07. The summed E-state index contributed by atoms with van der Waals surface area (Å²) in [5, 5.41) is 1.16. The van der Waals surface area contributed by atoms with E-state index in [1.54, 1.807) is 7.11 Å². The summed E-state index contributed by atoms with van der Waals surface area (Å²) in [6.07, 6.45) is 1.94. The van der Waals surface area contributed by atoms with Crippen LogP contribution in [0.1, 0.15) is 26.5 Å². The highest BCUT2D eigenvalue weighted by Gasteiger charge is 2.13. The number of aromatic nitrogens is 1. The lowest BCUT2D eigenvalue weighted by atomic mass is 10.1. The number of benzene rings is 2. The second kappa shape index (κ2) is 8.67. The minimum atomic E-state index is 0.875. The van der Waals surface area contributed by atoms with Crippen LogP contribution < -0.4 is 14.2 Å². The van der Waals surface area contributed by atoms with Crippen LogP contribution in [-0.2, 0) is 6.54 Å². The fourth-order valence-corrected chi connectivity index (χ4v) is 3.39. The van der Waals surface area contributed by atoms with Crippen LogP contribution >= 0.6 is 0 Å². The van der Waals surface area contributed by atoms with Gasteiger partial charge in [0.2, 0.25) is 11.2 Å². The molecule has 0 saturated carbocycles. The molecule has 0 fully saturated rings. The number of nitrogens with zero attached hydrogens (tertiary/aromatic N) is 3. The highest BCUT2D eigenvalue weighted by Crippen LogP contribution is 2.21. The summed E-state index contributed by atoms with van der Waals surface area (Å²) >= 11 is 0. The lowest BCUT2D eigenvalue weighted by Crippen LogP contribution is -2.38. The van der Waals surface area contributed by atoms with Crippen molar-refractivity contribution in [2.75, 3.05) is 25.1 Å². The molecule has 1 aromatic heterocycles. The van der Waals surface area contributed by atoms with Crippen molar-refractivity contribution >= 4 is 28.5 Å². The van der Waals surface area contributed by atoms with E-state index in [2.05, 4.69) is 83.8 Å². The molecule has 0 saturated heterocycles. The van der Waals surface area contributed by atoms with E-state index in [4.69, 9.17) is 4.74 Å². The minimum Gasteiger partial charge on any atom is -0.497 e. The monoisotopic (exact) mass is 362 g/mol. The number of hydrogen-bond acceptors (Lipinski definition) is 3. The molecular formula is C23H28N3O+. The summed E-state index contributed by atoms with van der Waals surface area (Å²) in [4.78, 5) is 7.02. The van der Waals surface area contributed by atoms with Crippen molar-refractivity contribution in [3.05, 3.63) is 60.3 Å². The van der Waals surface area contributed by atoms with Gasteiger partial charge in [-0.15, -0.1) is 0 Å². The van der Waals surface area contributed by atoms with E-state index in [1.165, 1.54) is 11.2 Å². The predicted octanol–water partition coefficient (Wildman–Crippen LogP) is 4.75. The average Bonchev–Trinajstić information content (AvgIpc) is 2.73. The molecule has 0 radical (unpaired) electrons. The van der Waals surface area contributed by atoms with Gasteiger partial charge in [0.25, 0.3) is 0 Å². The summed E-state index contributed by atoms with van der Waals surface area (Å²) in [5.74, 6) is 0.875. The lowest BCUT2D eigenvalue weighted by molar-refractivity contribution is -0.668. The Bertz CT molecular complexity index is 928. The fraction of sp³-hybridized carbons (Fsp3) is 0.304. The molecule has 0 aliphatic rings. The van der Waals surface area contributed by atoms with E-state index in [9.17, 15) is 0 Å². The zero-order valence-corrected chi connectivity index (χ0v) is 16.6. The second-order valence-electron chi connectivity index (χ2n) is 6.37. The van der Waals surface area contributed by atoms with E-state index < -0.39 is 0 Å². The maximum absolute atomic E-state index is 5.33. The Hall–Kier alpha value is -2.88. The molecule has 0 aliphatic carbocycles. The Morgan fingerprint density at radius 3 is 2.33 bits per heavy atom. The molecule has 4 nitrogen and oxygen atoms in total. The van der Waals surface area contributed by atoms with E-state index in [1.807, 2.05) is 12.3 Å². The molecule has 0 atom stereocenters. The number of methoxy groups -OCH3 is 1. The van der Waals surface area contributed by atoms with Gasteiger partial charge >= 0.3 is 0 Å². The Morgan fingerprint density at radius 2 is 1.70 bits per heavy atom. The third kappa shape index (κ3) is 4.11. The smallest absolute Gasteiger partial charge is 0.224 e. The number of anilines is 1. The number of ether oxygens (including phenoxy) is 1. The van der Waals surface area contributed by atoms with Gasteiger partial charge in [-0.2, -0.15) is 4.57 Å². The Morgan fingerprint density at radius 1 is 0.963 bits per heavy atom. The van der Waals surface area contributed by atoms with Gasteiger partial charge in [0.1, 0.15) is 12.3 Å². The summed E-state index contributed by atoms with van der Waals surface area (Å²) in [6.45, 7) is 9.41. The first-order valence-corrected chi connectivity index (χ1v) is 9.59. The van der Waals surface area contributed by atoms with Crippen LogP contribution in [0.15, 0.2) is 59.6 Å². The van der Waals surface area contributed by atoms with Crippen molar-refractivity contribution < 1.29 is 9.30 Å². The molecule has 0 unspecified atom stereocenters. The van der Waals surface area contributed by atoms with Crippen molar-refractivity contribution in [1.82, 2.24) is 0 Å². The van der Waals surface area contributed by atoms with E-state index in [0.717, 1.165) is 42.2 Å². The number of rotatable bonds is 7. The normalized spacial score (nSPS) is 11.3. The quantitative estimate of drug-likeness (QED) is 0.448. The second-order valence-corrected chi connectivity index (χ2v) is 6.37. The minimum absolute atomic E-state index is 0.875. The Balaban J connectivity index is 1.89. The van der Waals surface area contributed by atoms with Crippen LogP contribution in [0.25, 0.3) is 10.9 Å². The number of pyridine rings is 1. The largest absolute Gasteiger partial charge is 0.497 e. The van der Waals surface area contributed by atoms with Crippen molar-refractivity contribution in [3.63, 3.8) is 0 Å². The van der Waals surface area contributed by atoms with Gasteiger partial charge in [0.05, 0.1) is 24.4 Å². The van der Waals surface area contributed by atoms with Crippen LogP contribution in [0.2, 0.25) is 0 Å². The predicted molar refractivity (Wildman–Crippen MR) is 114 cm³/mol. The summed E-state index contributed by atoms with van der Waals surface area (Å²) in [6, 6.07) is 18.8. The highest BCUT2D eigenvalue weighted by molar-refractivity contribution is 5.83. The molecule has 3 aromatic rings. The molecule has 2 aromatic carbocycles. The van der Waals surface area contributed by atoms with Crippen molar-refractivity contribution in [3.8, 4) is 5.75 Å². The van der Waals surface area contributed by atoms with Gasteiger partial charge in [-0.3, -0.25) is 0 Å². The molecule has 0 amide bonds. The zero-order valence-electron chi connectivity index (χ0n) is 16.6. The maximum Gasteiger partial charge on any atom is 0.224 e. The summed E-state index contributed by atoms with van der Waals surface area (Å²) < 4.78 is 7.60. The van der Waals surface area contributed by atoms with Gasteiger partial charge in [-0.25, -0.2) is 4.99 Å². The first kappa shape index (κ1) is 18.9. The number of hydrogen-bond donors (Lipinski definition) is 0. The van der Waals surface area contributed by atoms with Crippen molar-refractivity contribution in [1.29, 1.82) is 0 Å². The summed E-state index contributed by atoms with van der Waals surface area (Å²) in [5.41, 5.74) is 4.47. The van der Waals surface area contributed by atoms with Gasteiger partial charge in [0, 0.05) is 30.9 Å². The van der Waals surface area contributed by atoms with E-state index >= 15 is 0 Å². The van der Waals surface area contributed by atoms with Gasteiger partial charge in [0.15, 0.2) is 0 Å². The van der Waals surface area contributed by atoms with Crippen molar-refractivity contribution in [2.24, 2.45) is 4.99 Å². The van der Waals surface area contributed by atoms with Gasteiger partial charge in [-0.05, 0) is 63.2 Å². The first-order valence-electron chi connectivity index (χ1n) is 9.59. The molecule has 0 N–H and O–H groups in total. The SMILES string of the molecule is CCN(CC)c1ccc(N=Cc2ccc3cc(OC)ccc3[n+]2CC)cc1. The molecule has 1 heterocycles. The standard InChI is InChI=1S/C23H28N3O/c1-5-25(6-2)20-12-9-19(10-13-20)24-17-21-11-8-18-16-22(27-4)14-15-23(18)26(21)7-3/h8-17H,5-7H2,1-4H3/q+1. The van der Waals surface area contributed by atoms with Crippen LogP contribution in [0.3, 0.4) is 0 Å².